The van der Waals surface area contributed by atoms with E-state index in [2.05, 4.69) is 4.72 Å². The molecule has 0 bridgehead atoms. The summed E-state index contributed by atoms with van der Waals surface area (Å²) in [6.45, 7) is 0.699. The Morgan fingerprint density at radius 2 is 2.21 bits per heavy atom. The average Bonchev–Trinajstić information content (AvgIpc) is 2.45. The van der Waals surface area contributed by atoms with Gasteiger partial charge >= 0.3 is 10.2 Å². The Kier molecular flexibility index (Phi) is 2.16. The molecule has 14 heavy (non-hydrogen) atoms. The van der Waals surface area contributed by atoms with Gasteiger partial charge in [0.05, 0.1) is 5.69 Å². The van der Waals surface area contributed by atoms with Crippen LogP contribution < -0.4 is 9.03 Å². The smallest absolute Gasteiger partial charge is 0.256 e. The minimum absolute atomic E-state index is 0.339. The van der Waals surface area contributed by atoms with Crippen molar-refractivity contribution in [1.82, 2.24) is 4.72 Å². The van der Waals surface area contributed by atoms with Crippen LogP contribution in [0.25, 0.3) is 0 Å². The Bertz CT molecular complexity index is 446. The van der Waals surface area contributed by atoms with Crippen molar-refractivity contribution < 1.29 is 12.8 Å². The van der Waals surface area contributed by atoms with E-state index in [1.165, 1.54) is 18.2 Å². The van der Waals surface area contributed by atoms with E-state index in [1.54, 1.807) is 6.07 Å². The van der Waals surface area contributed by atoms with Crippen molar-refractivity contribution in [2.75, 3.05) is 17.4 Å². The maximum atomic E-state index is 12.8. The molecule has 76 valence electrons. The van der Waals surface area contributed by atoms with E-state index in [9.17, 15) is 12.8 Å². The number of benzene rings is 1. The average molecular weight is 216 g/mol. The molecule has 1 aromatic carbocycles. The lowest BCUT2D eigenvalue weighted by Crippen LogP contribution is -2.29. The molecule has 0 aromatic heterocycles. The van der Waals surface area contributed by atoms with Gasteiger partial charge in [-0.05, 0) is 18.2 Å². The number of nitrogens with zero attached hydrogens (tertiary/aromatic N) is 1. The Morgan fingerprint density at radius 3 is 2.79 bits per heavy atom. The van der Waals surface area contributed by atoms with Crippen molar-refractivity contribution in [3.8, 4) is 0 Å². The van der Waals surface area contributed by atoms with E-state index in [4.69, 9.17) is 0 Å². The quantitative estimate of drug-likeness (QED) is 0.742. The molecular weight excluding hydrogens is 207 g/mol. The standard InChI is InChI=1S/C8H9FN2O2S/c9-7-2-1-3-8(6-7)11-5-4-10-14(11,12)13/h1-3,6,10H,4-5H2. The molecule has 1 aliphatic rings. The van der Waals surface area contributed by atoms with Crippen molar-refractivity contribution in [2.45, 2.75) is 0 Å². The molecule has 1 fully saturated rings. The van der Waals surface area contributed by atoms with Crippen LogP contribution in [0.15, 0.2) is 24.3 Å². The molecule has 1 aliphatic heterocycles. The summed E-state index contributed by atoms with van der Waals surface area (Å²) in [7, 11) is -3.44. The highest BCUT2D eigenvalue weighted by Crippen LogP contribution is 2.20. The first-order valence-corrected chi connectivity index (χ1v) is 5.56. The van der Waals surface area contributed by atoms with Crippen molar-refractivity contribution in [2.24, 2.45) is 0 Å². The summed E-state index contributed by atoms with van der Waals surface area (Å²) in [5.41, 5.74) is 0.356. The van der Waals surface area contributed by atoms with Gasteiger partial charge in [-0.15, -0.1) is 0 Å². The van der Waals surface area contributed by atoms with Gasteiger partial charge in [0.1, 0.15) is 5.82 Å². The van der Waals surface area contributed by atoms with Crippen LogP contribution in [0, 0.1) is 5.82 Å². The zero-order chi connectivity index (χ0) is 10.2. The lowest BCUT2D eigenvalue weighted by atomic mass is 10.3. The number of nitrogens with one attached hydrogen (secondary N) is 1. The molecule has 0 spiro atoms. The monoisotopic (exact) mass is 216 g/mol. The second-order valence-corrected chi connectivity index (χ2v) is 4.63. The van der Waals surface area contributed by atoms with Crippen LogP contribution in [0.5, 0.6) is 0 Å². The van der Waals surface area contributed by atoms with Crippen LogP contribution in [0.3, 0.4) is 0 Å². The summed E-state index contributed by atoms with van der Waals surface area (Å²) in [5.74, 6) is -0.440. The highest BCUT2D eigenvalue weighted by atomic mass is 32.2. The van der Waals surface area contributed by atoms with Crippen LogP contribution >= 0.6 is 0 Å². The highest BCUT2D eigenvalue weighted by Gasteiger charge is 2.27. The van der Waals surface area contributed by atoms with Gasteiger partial charge in [-0.2, -0.15) is 13.1 Å². The molecule has 6 heteroatoms. The van der Waals surface area contributed by atoms with Gasteiger partial charge in [-0.25, -0.2) is 4.39 Å². The fraction of sp³-hybridized carbons (Fsp3) is 0.250. The zero-order valence-corrected chi connectivity index (χ0v) is 8.09. The summed E-state index contributed by atoms with van der Waals surface area (Å²) >= 11 is 0. The van der Waals surface area contributed by atoms with Gasteiger partial charge in [0.25, 0.3) is 0 Å². The van der Waals surface area contributed by atoms with E-state index in [1.807, 2.05) is 0 Å². The lowest BCUT2D eigenvalue weighted by molar-refractivity contribution is 0.591. The lowest BCUT2D eigenvalue weighted by Gasteiger charge is -2.15. The molecule has 1 aromatic rings. The maximum Gasteiger partial charge on any atom is 0.301 e. The second-order valence-electron chi connectivity index (χ2n) is 2.95. The fourth-order valence-corrected chi connectivity index (χ4v) is 2.60. The van der Waals surface area contributed by atoms with Crippen LogP contribution in [0.1, 0.15) is 0 Å². The highest BCUT2D eigenvalue weighted by molar-refractivity contribution is 7.91. The molecular formula is C8H9FN2O2S. The third-order valence-corrected chi connectivity index (χ3v) is 3.53. The number of halogens is 1. The fourth-order valence-electron chi connectivity index (χ4n) is 1.37. The van der Waals surface area contributed by atoms with Crippen molar-refractivity contribution >= 4 is 15.9 Å². The molecule has 1 heterocycles. The van der Waals surface area contributed by atoms with Gasteiger partial charge in [-0.3, -0.25) is 4.31 Å². The second kappa shape index (κ2) is 3.21. The summed E-state index contributed by atoms with van der Waals surface area (Å²) in [6, 6.07) is 5.52. The van der Waals surface area contributed by atoms with E-state index < -0.39 is 16.0 Å². The van der Waals surface area contributed by atoms with E-state index in [0.29, 0.717) is 18.8 Å². The summed E-state index contributed by atoms with van der Waals surface area (Å²) in [6.07, 6.45) is 0. The molecule has 4 nitrogen and oxygen atoms in total. The molecule has 0 saturated carbocycles. The van der Waals surface area contributed by atoms with Crippen LogP contribution in [-0.4, -0.2) is 21.5 Å². The number of rotatable bonds is 1. The van der Waals surface area contributed by atoms with Crippen molar-refractivity contribution in [3.05, 3.63) is 30.1 Å². The SMILES string of the molecule is O=S1(=O)NCCN1c1cccc(F)c1. The van der Waals surface area contributed by atoms with E-state index >= 15 is 0 Å². The topological polar surface area (TPSA) is 49.4 Å². The van der Waals surface area contributed by atoms with Crippen molar-refractivity contribution in [1.29, 1.82) is 0 Å². The number of anilines is 1. The number of hydrogen-bond donors (Lipinski definition) is 1. The van der Waals surface area contributed by atoms with Crippen LogP contribution in [-0.2, 0) is 10.2 Å². The summed E-state index contributed by atoms with van der Waals surface area (Å²) in [5, 5.41) is 0. The Hall–Kier alpha value is -1.14. The van der Waals surface area contributed by atoms with E-state index in [0.717, 1.165) is 4.31 Å². The zero-order valence-electron chi connectivity index (χ0n) is 7.27. The first kappa shape index (κ1) is 9.42. The van der Waals surface area contributed by atoms with Crippen LogP contribution in [0.2, 0.25) is 0 Å². The van der Waals surface area contributed by atoms with Gasteiger partial charge in [0.15, 0.2) is 0 Å². The molecule has 1 saturated heterocycles. The first-order chi connectivity index (χ1) is 6.59. The summed E-state index contributed by atoms with van der Waals surface area (Å²) < 4.78 is 39.1. The Labute approximate surface area is 81.5 Å². The first-order valence-electron chi connectivity index (χ1n) is 4.12. The van der Waals surface area contributed by atoms with E-state index in [-0.39, 0.29) is 0 Å². The normalized spacial score (nSPS) is 19.9. The molecule has 0 aliphatic carbocycles. The minimum Gasteiger partial charge on any atom is -0.256 e. The van der Waals surface area contributed by atoms with Crippen LogP contribution in [0.4, 0.5) is 10.1 Å². The summed E-state index contributed by atoms with van der Waals surface area (Å²) in [4.78, 5) is 0. The maximum absolute atomic E-state index is 12.8. The van der Waals surface area contributed by atoms with Gasteiger partial charge < -0.3 is 0 Å². The van der Waals surface area contributed by atoms with Gasteiger partial charge in [0.2, 0.25) is 0 Å². The molecule has 0 radical (unpaired) electrons. The van der Waals surface area contributed by atoms with Crippen molar-refractivity contribution in [3.63, 3.8) is 0 Å². The molecule has 2 rings (SSSR count). The molecule has 0 atom stereocenters. The predicted molar refractivity (Wildman–Crippen MR) is 50.7 cm³/mol. The minimum atomic E-state index is -3.44. The number of hydrogen-bond acceptors (Lipinski definition) is 2. The Morgan fingerprint density at radius 1 is 1.43 bits per heavy atom. The largest absolute Gasteiger partial charge is 0.301 e. The molecule has 1 N–H and O–H groups in total. The third-order valence-electron chi connectivity index (χ3n) is 1.99. The third kappa shape index (κ3) is 1.58. The molecule has 0 amide bonds. The Balaban J connectivity index is 2.41. The van der Waals surface area contributed by atoms with Gasteiger partial charge in [0, 0.05) is 13.1 Å². The molecule has 0 unspecified atom stereocenters. The van der Waals surface area contributed by atoms with Gasteiger partial charge in [-0.1, -0.05) is 6.07 Å². The predicted octanol–water partition coefficient (Wildman–Crippen LogP) is 0.480.